The van der Waals surface area contributed by atoms with Crippen molar-refractivity contribution in [3.63, 3.8) is 0 Å². The van der Waals surface area contributed by atoms with Gasteiger partial charge in [-0.25, -0.2) is 9.69 Å². The molecule has 0 aliphatic carbocycles. The molecule has 0 bridgehead atoms. The maximum atomic E-state index is 12.6. The summed E-state index contributed by atoms with van der Waals surface area (Å²) in [6.45, 7) is 0.0563. The molecule has 2 heterocycles. The van der Waals surface area contributed by atoms with Crippen LogP contribution in [0.15, 0.2) is 42.5 Å². The Morgan fingerprint density at radius 3 is 2.03 bits per heavy atom. The van der Waals surface area contributed by atoms with E-state index in [2.05, 4.69) is 0 Å². The molecule has 158 valence electrons. The van der Waals surface area contributed by atoms with Crippen LogP contribution in [-0.2, 0) is 9.47 Å². The highest BCUT2D eigenvalue weighted by Crippen LogP contribution is 2.25. The number of methoxy groups -OCH3 is 1. The second kappa shape index (κ2) is 8.11. The van der Waals surface area contributed by atoms with Gasteiger partial charge in [0.2, 0.25) is 0 Å². The van der Waals surface area contributed by atoms with Gasteiger partial charge in [-0.3, -0.25) is 24.1 Å². The summed E-state index contributed by atoms with van der Waals surface area (Å²) in [5.41, 5.74) is 0.852. The number of rotatable bonds is 7. The number of nitrogens with zero attached hydrogens (tertiary/aromatic N) is 2. The molecule has 0 aromatic heterocycles. The molecule has 2 aliphatic heterocycles. The fraction of sp³-hybridized carbons (Fsp3) is 0.227. The summed E-state index contributed by atoms with van der Waals surface area (Å²) in [5.74, 6) is -2.84. The van der Waals surface area contributed by atoms with Gasteiger partial charge in [0.1, 0.15) is 0 Å². The zero-order valence-corrected chi connectivity index (χ0v) is 16.6. The summed E-state index contributed by atoms with van der Waals surface area (Å²) in [7, 11) is 1.53. The summed E-state index contributed by atoms with van der Waals surface area (Å²) < 4.78 is 10.1. The lowest BCUT2D eigenvalue weighted by Gasteiger charge is -2.14. The fourth-order valence-electron chi connectivity index (χ4n) is 3.55. The third-order valence-corrected chi connectivity index (χ3v) is 5.14. The monoisotopic (exact) mass is 422 g/mol. The molecule has 2 aromatic carbocycles. The number of carbonyl (C=O) groups excluding carboxylic acids is 5. The van der Waals surface area contributed by atoms with Crippen LogP contribution in [0, 0.1) is 0 Å². The van der Waals surface area contributed by atoms with E-state index in [1.54, 1.807) is 12.1 Å². The molecule has 4 rings (SSSR count). The van der Waals surface area contributed by atoms with Crippen molar-refractivity contribution in [1.82, 2.24) is 9.80 Å². The lowest BCUT2D eigenvalue weighted by molar-refractivity contribution is 0.0227. The highest BCUT2D eigenvalue weighted by molar-refractivity contribution is 6.22. The fourth-order valence-corrected chi connectivity index (χ4v) is 3.55. The van der Waals surface area contributed by atoms with Crippen LogP contribution >= 0.6 is 0 Å². The van der Waals surface area contributed by atoms with E-state index in [4.69, 9.17) is 9.47 Å². The number of hydrogen-bond acceptors (Lipinski definition) is 7. The maximum Gasteiger partial charge on any atom is 0.339 e. The molecule has 0 spiro atoms. The first-order valence-electron chi connectivity index (χ1n) is 9.55. The van der Waals surface area contributed by atoms with Crippen LogP contribution in [0.5, 0.6) is 0 Å². The van der Waals surface area contributed by atoms with E-state index < -0.39 is 36.3 Å². The normalized spacial score (nSPS) is 14.9. The molecular formula is C22H18N2O7. The standard InChI is InChI=1S/C22H18N2O7/c1-30-10-4-9-23-18(25)16-8-7-13(11-17(16)21(23)28)22(29)31-12-24-19(26)14-5-2-3-6-15(14)20(24)27/h2-3,5-8,11H,4,9-10,12H2,1H3. The second-order valence-electron chi connectivity index (χ2n) is 7.01. The first-order chi connectivity index (χ1) is 14.9. The zero-order chi connectivity index (χ0) is 22.1. The number of ether oxygens (including phenoxy) is 2. The molecule has 2 aliphatic rings. The number of imide groups is 2. The second-order valence-corrected chi connectivity index (χ2v) is 7.01. The van der Waals surface area contributed by atoms with E-state index in [1.165, 1.54) is 37.4 Å². The smallest absolute Gasteiger partial charge is 0.339 e. The molecule has 0 saturated heterocycles. The van der Waals surface area contributed by atoms with Crippen LogP contribution < -0.4 is 0 Å². The summed E-state index contributed by atoms with van der Waals surface area (Å²) in [4.78, 5) is 64.1. The maximum absolute atomic E-state index is 12.6. The Morgan fingerprint density at radius 1 is 0.806 bits per heavy atom. The summed E-state index contributed by atoms with van der Waals surface area (Å²) in [6, 6.07) is 10.4. The van der Waals surface area contributed by atoms with E-state index in [-0.39, 0.29) is 34.4 Å². The Bertz CT molecular complexity index is 1090. The first-order valence-corrected chi connectivity index (χ1v) is 9.55. The summed E-state index contributed by atoms with van der Waals surface area (Å²) >= 11 is 0. The molecule has 9 heteroatoms. The van der Waals surface area contributed by atoms with Crippen molar-refractivity contribution in [3.8, 4) is 0 Å². The molecular weight excluding hydrogens is 404 g/mol. The first kappa shape index (κ1) is 20.4. The number of amides is 4. The molecule has 0 atom stereocenters. The minimum absolute atomic E-state index is 0.0373. The Balaban J connectivity index is 1.45. The molecule has 0 saturated carbocycles. The Labute approximate surface area is 177 Å². The molecule has 4 amide bonds. The predicted molar refractivity (Wildman–Crippen MR) is 106 cm³/mol. The third-order valence-electron chi connectivity index (χ3n) is 5.14. The van der Waals surface area contributed by atoms with Crippen molar-refractivity contribution in [2.24, 2.45) is 0 Å². The highest BCUT2D eigenvalue weighted by Gasteiger charge is 2.37. The van der Waals surface area contributed by atoms with Gasteiger partial charge in [0.25, 0.3) is 23.6 Å². The van der Waals surface area contributed by atoms with Crippen LogP contribution in [0.3, 0.4) is 0 Å². The molecule has 0 unspecified atom stereocenters. The lowest BCUT2D eigenvalue weighted by Crippen LogP contribution is -2.33. The van der Waals surface area contributed by atoms with Crippen LogP contribution in [0.25, 0.3) is 0 Å². The largest absolute Gasteiger partial charge is 0.440 e. The average Bonchev–Trinajstić information content (AvgIpc) is 3.17. The Kier molecular flexibility index (Phi) is 5.35. The van der Waals surface area contributed by atoms with Crippen LogP contribution in [0.2, 0.25) is 0 Å². The van der Waals surface area contributed by atoms with Crippen molar-refractivity contribution in [3.05, 3.63) is 70.3 Å². The van der Waals surface area contributed by atoms with E-state index in [0.29, 0.717) is 13.0 Å². The van der Waals surface area contributed by atoms with Gasteiger partial charge in [-0.05, 0) is 36.8 Å². The van der Waals surface area contributed by atoms with Gasteiger partial charge >= 0.3 is 5.97 Å². The van der Waals surface area contributed by atoms with E-state index in [0.717, 1.165) is 9.80 Å². The van der Waals surface area contributed by atoms with Crippen molar-refractivity contribution in [2.45, 2.75) is 6.42 Å². The SMILES string of the molecule is COCCCN1C(=O)c2ccc(C(=O)OCN3C(=O)c4ccccc4C3=O)cc2C1=O. The predicted octanol–water partition coefficient (Wildman–Crippen LogP) is 1.73. The van der Waals surface area contributed by atoms with Crippen LogP contribution in [0.1, 0.15) is 58.2 Å². The minimum Gasteiger partial charge on any atom is -0.440 e. The molecule has 31 heavy (non-hydrogen) atoms. The van der Waals surface area contributed by atoms with Gasteiger partial charge in [-0.15, -0.1) is 0 Å². The number of fused-ring (bicyclic) bond motifs is 2. The number of carbonyl (C=O) groups is 5. The van der Waals surface area contributed by atoms with Crippen molar-refractivity contribution in [2.75, 3.05) is 27.0 Å². The Morgan fingerprint density at radius 2 is 1.39 bits per heavy atom. The average molecular weight is 422 g/mol. The molecule has 0 fully saturated rings. The van der Waals surface area contributed by atoms with Gasteiger partial charge < -0.3 is 9.47 Å². The lowest BCUT2D eigenvalue weighted by atomic mass is 10.1. The van der Waals surface area contributed by atoms with Crippen LogP contribution in [0.4, 0.5) is 0 Å². The van der Waals surface area contributed by atoms with Crippen LogP contribution in [-0.4, -0.2) is 66.4 Å². The topological polar surface area (TPSA) is 110 Å². The highest BCUT2D eigenvalue weighted by atomic mass is 16.5. The van der Waals surface area contributed by atoms with Crippen molar-refractivity contribution < 1.29 is 33.4 Å². The molecule has 0 radical (unpaired) electrons. The van der Waals surface area contributed by atoms with Crippen molar-refractivity contribution >= 4 is 29.6 Å². The van der Waals surface area contributed by atoms with E-state index in [9.17, 15) is 24.0 Å². The Hall–Kier alpha value is -3.85. The molecule has 2 aromatic rings. The summed E-state index contributed by atoms with van der Waals surface area (Å²) in [6.07, 6.45) is 0.497. The van der Waals surface area contributed by atoms with Gasteiger partial charge in [0.15, 0.2) is 6.73 Å². The van der Waals surface area contributed by atoms with Gasteiger partial charge in [0.05, 0.1) is 27.8 Å². The quantitative estimate of drug-likeness (QED) is 0.380. The third kappa shape index (κ3) is 3.49. The molecule has 9 nitrogen and oxygen atoms in total. The van der Waals surface area contributed by atoms with E-state index >= 15 is 0 Å². The number of esters is 1. The van der Waals surface area contributed by atoms with Gasteiger partial charge in [-0.2, -0.15) is 0 Å². The van der Waals surface area contributed by atoms with Gasteiger partial charge in [0, 0.05) is 20.3 Å². The van der Waals surface area contributed by atoms with E-state index in [1.807, 2.05) is 0 Å². The molecule has 0 N–H and O–H groups in total. The zero-order valence-electron chi connectivity index (χ0n) is 16.6. The van der Waals surface area contributed by atoms with Crippen molar-refractivity contribution in [1.29, 1.82) is 0 Å². The minimum atomic E-state index is -0.822. The number of hydrogen-bond donors (Lipinski definition) is 0. The summed E-state index contributed by atoms with van der Waals surface area (Å²) in [5, 5.41) is 0. The van der Waals surface area contributed by atoms with Gasteiger partial charge in [-0.1, -0.05) is 12.1 Å². The number of benzene rings is 2.